The zero-order chi connectivity index (χ0) is 11.4. The summed E-state index contributed by atoms with van der Waals surface area (Å²) in [5.74, 6) is -0.669. The van der Waals surface area contributed by atoms with Gasteiger partial charge in [0.25, 0.3) is 5.91 Å². The van der Waals surface area contributed by atoms with Crippen molar-refractivity contribution in [3.05, 3.63) is 20.8 Å². The zero-order valence-corrected chi connectivity index (χ0v) is 10.6. The molecule has 0 saturated heterocycles. The smallest absolute Gasteiger partial charge is 0.255 e. The van der Waals surface area contributed by atoms with Crippen LogP contribution in [0.4, 0.5) is 0 Å². The Morgan fingerprint density at radius 2 is 2.27 bits per heavy atom. The lowest BCUT2D eigenvalue weighted by Crippen LogP contribution is -2.38. The molecule has 0 aliphatic heterocycles. The summed E-state index contributed by atoms with van der Waals surface area (Å²) in [6.45, 7) is 2.24. The molecule has 1 rings (SSSR count). The minimum atomic E-state index is -0.500. The number of primary amides is 1. The number of carbonyl (C=O) groups is 2. The Morgan fingerprint density at radius 3 is 2.67 bits per heavy atom. The summed E-state index contributed by atoms with van der Waals surface area (Å²) in [4.78, 5) is 24.0. The number of amides is 2. The van der Waals surface area contributed by atoms with Crippen molar-refractivity contribution in [1.82, 2.24) is 4.90 Å². The third-order valence-electron chi connectivity index (χ3n) is 1.83. The topological polar surface area (TPSA) is 63.4 Å². The van der Waals surface area contributed by atoms with E-state index in [1.165, 1.54) is 16.2 Å². The number of likely N-dealkylation sites (N-methyl/N-ethyl adjacent to an activating group) is 1. The summed E-state index contributed by atoms with van der Waals surface area (Å²) in [5.41, 5.74) is 5.63. The van der Waals surface area contributed by atoms with Gasteiger partial charge in [0, 0.05) is 11.9 Å². The lowest BCUT2D eigenvalue weighted by Gasteiger charge is -2.17. The predicted octanol–water partition coefficient (Wildman–Crippen LogP) is 1.46. The van der Waals surface area contributed by atoms with Crippen LogP contribution in [0, 0.1) is 0 Å². The Kier molecular flexibility index (Phi) is 4.28. The van der Waals surface area contributed by atoms with E-state index >= 15 is 0 Å². The van der Waals surface area contributed by atoms with Gasteiger partial charge in [0.05, 0.1) is 15.9 Å². The molecule has 0 fully saturated rings. The molecule has 15 heavy (non-hydrogen) atoms. The van der Waals surface area contributed by atoms with Crippen LogP contribution in [0.25, 0.3) is 0 Å². The molecule has 6 heteroatoms. The van der Waals surface area contributed by atoms with Gasteiger partial charge in [-0.15, -0.1) is 11.3 Å². The molecule has 1 aromatic heterocycles. The van der Waals surface area contributed by atoms with Crippen LogP contribution in [0.1, 0.15) is 17.3 Å². The van der Waals surface area contributed by atoms with E-state index < -0.39 is 5.91 Å². The maximum Gasteiger partial charge on any atom is 0.255 e. The lowest BCUT2D eigenvalue weighted by molar-refractivity contribution is -0.118. The van der Waals surface area contributed by atoms with Gasteiger partial charge in [0.15, 0.2) is 0 Å². The number of halogens is 1. The summed E-state index contributed by atoms with van der Waals surface area (Å²) in [5, 5.41) is 1.75. The minimum absolute atomic E-state index is 0.0389. The van der Waals surface area contributed by atoms with Gasteiger partial charge < -0.3 is 10.6 Å². The molecule has 0 aliphatic carbocycles. The standard InChI is InChI=1S/C9H11BrN2O2S/c1-2-12(4-8(11)13)9(14)6-3-7(10)15-5-6/h3,5H,2,4H2,1H3,(H2,11,13). The van der Waals surface area contributed by atoms with Crippen molar-refractivity contribution in [2.24, 2.45) is 5.73 Å². The lowest BCUT2D eigenvalue weighted by atomic mass is 10.3. The summed E-state index contributed by atoms with van der Waals surface area (Å²) in [6, 6.07) is 1.73. The van der Waals surface area contributed by atoms with Crippen molar-refractivity contribution in [1.29, 1.82) is 0 Å². The Hall–Kier alpha value is -0.880. The van der Waals surface area contributed by atoms with E-state index in [0.717, 1.165) is 3.79 Å². The second-order valence-electron chi connectivity index (χ2n) is 2.93. The number of hydrogen-bond acceptors (Lipinski definition) is 3. The first kappa shape index (κ1) is 12.2. The van der Waals surface area contributed by atoms with E-state index in [1.54, 1.807) is 11.4 Å². The van der Waals surface area contributed by atoms with Crippen LogP contribution in [0.5, 0.6) is 0 Å². The monoisotopic (exact) mass is 290 g/mol. The second-order valence-corrected chi connectivity index (χ2v) is 5.22. The van der Waals surface area contributed by atoms with E-state index in [1.807, 2.05) is 6.92 Å². The van der Waals surface area contributed by atoms with Crippen molar-refractivity contribution >= 4 is 39.1 Å². The Morgan fingerprint density at radius 1 is 1.60 bits per heavy atom. The number of hydrogen-bond donors (Lipinski definition) is 1. The Bertz CT molecular complexity index is 378. The SMILES string of the molecule is CCN(CC(N)=O)C(=O)c1csc(Br)c1. The average Bonchev–Trinajstić information content (AvgIpc) is 2.60. The highest BCUT2D eigenvalue weighted by atomic mass is 79.9. The van der Waals surface area contributed by atoms with Crippen molar-refractivity contribution in [3.63, 3.8) is 0 Å². The molecule has 2 N–H and O–H groups in total. The molecule has 1 heterocycles. The molecule has 0 saturated carbocycles. The molecular weight excluding hydrogens is 280 g/mol. The van der Waals surface area contributed by atoms with E-state index in [4.69, 9.17) is 5.73 Å². The van der Waals surface area contributed by atoms with E-state index in [9.17, 15) is 9.59 Å². The molecule has 1 aromatic rings. The van der Waals surface area contributed by atoms with Crippen molar-refractivity contribution < 1.29 is 9.59 Å². The van der Waals surface area contributed by atoms with Gasteiger partial charge in [-0.2, -0.15) is 0 Å². The third-order valence-corrected chi connectivity index (χ3v) is 3.33. The molecule has 82 valence electrons. The van der Waals surface area contributed by atoms with Crippen LogP contribution in [0.2, 0.25) is 0 Å². The number of rotatable bonds is 4. The Balaban J connectivity index is 2.77. The molecule has 0 atom stereocenters. The molecule has 4 nitrogen and oxygen atoms in total. The highest BCUT2D eigenvalue weighted by Gasteiger charge is 2.16. The first-order valence-electron chi connectivity index (χ1n) is 4.36. The van der Waals surface area contributed by atoms with Gasteiger partial charge in [-0.1, -0.05) is 0 Å². The van der Waals surface area contributed by atoms with Gasteiger partial charge in [-0.05, 0) is 28.9 Å². The number of nitrogens with zero attached hydrogens (tertiary/aromatic N) is 1. The summed E-state index contributed by atoms with van der Waals surface area (Å²) < 4.78 is 0.890. The van der Waals surface area contributed by atoms with Crippen molar-refractivity contribution in [3.8, 4) is 0 Å². The first-order valence-corrected chi connectivity index (χ1v) is 6.03. The van der Waals surface area contributed by atoms with Crippen LogP contribution in [-0.4, -0.2) is 29.8 Å². The normalized spacial score (nSPS) is 10.0. The van der Waals surface area contributed by atoms with Crippen LogP contribution >= 0.6 is 27.3 Å². The minimum Gasteiger partial charge on any atom is -0.368 e. The fourth-order valence-electron chi connectivity index (χ4n) is 1.12. The predicted molar refractivity (Wildman–Crippen MR) is 62.8 cm³/mol. The van der Waals surface area contributed by atoms with Crippen LogP contribution in [-0.2, 0) is 4.79 Å². The van der Waals surface area contributed by atoms with Gasteiger partial charge in [0.1, 0.15) is 0 Å². The van der Waals surface area contributed by atoms with Crippen LogP contribution in [0.3, 0.4) is 0 Å². The van der Waals surface area contributed by atoms with Crippen LogP contribution < -0.4 is 5.73 Å². The maximum atomic E-state index is 11.8. The molecular formula is C9H11BrN2O2S. The van der Waals surface area contributed by atoms with Gasteiger partial charge in [0.2, 0.25) is 5.91 Å². The molecule has 0 aliphatic rings. The van der Waals surface area contributed by atoms with Gasteiger partial charge in [-0.25, -0.2) is 0 Å². The van der Waals surface area contributed by atoms with Crippen molar-refractivity contribution in [2.45, 2.75) is 6.92 Å². The highest BCUT2D eigenvalue weighted by Crippen LogP contribution is 2.21. The third kappa shape index (κ3) is 3.32. The first-order chi connectivity index (χ1) is 7.04. The molecule has 2 amide bonds. The van der Waals surface area contributed by atoms with Crippen molar-refractivity contribution in [2.75, 3.05) is 13.1 Å². The maximum absolute atomic E-state index is 11.8. The van der Waals surface area contributed by atoms with Crippen LogP contribution in [0.15, 0.2) is 15.2 Å². The zero-order valence-electron chi connectivity index (χ0n) is 8.20. The summed E-state index contributed by atoms with van der Waals surface area (Å²) in [6.07, 6.45) is 0. The average molecular weight is 291 g/mol. The van der Waals surface area contributed by atoms with E-state index in [-0.39, 0.29) is 12.5 Å². The largest absolute Gasteiger partial charge is 0.368 e. The van der Waals surface area contributed by atoms with Gasteiger partial charge >= 0.3 is 0 Å². The number of thiophene rings is 1. The van der Waals surface area contributed by atoms with Gasteiger partial charge in [-0.3, -0.25) is 9.59 Å². The van der Waals surface area contributed by atoms with E-state index in [0.29, 0.717) is 12.1 Å². The molecule has 0 radical (unpaired) electrons. The summed E-state index contributed by atoms with van der Waals surface area (Å²) >= 11 is 4.71. The quantitative estimate of drug-likeness (QED) is 0.912. The number of nitrogens with two attached hydrogens (primary N) is 1. The Labute approximate surface area is 100 Å². The molecule has 0 unspecified atom stereocenters. The summed E-state index contributed by atoms with van der Waals surface area (Å²) in [7, 11) is 0. The molecule has 0 bridgehead atoms. The fraction of sp³-hybridized carbons (Fsp3) is 0.333. The fourth-order valence-corrected chi connectivity index (χ4v) is 2.25. The molecule has 0 spiro atoms. The molecule has 0 aromatic carbocycles. The van der Waals surface area contributed by atoms with E-state index in [2.05, 4.69) is 15.9 Å². The highest BCUT2D eigenvalue weighted by molar-refractivity contribution is 9.11. The number of carbonyl (C=O) groups excluding carboxylic acids is 2. The second kappa shape index (κ2) is 5.27.